The molecule has 0 radical (unpaired) electrons. The molecule has 0 atom stereocenters. The Balaban J connectivity index is 3.41. The van der Waals surface area contributed by atoms with Crippen LogP contribution in [-0.2, 0) is 0 Å². The van der Waals surface area contributed by atoms with Gasteiger partial charge in [-0.05, 0) is 22.6 Å². The van der Waals surface area contributed by atoms with Gasteiger partial charge in [-0.3, -0.25) is 0 Å². The molecule has 68 valence electrons. The summed E-state index contributed by atoms with van der Waals surface area (Å²) in [6.45, 7) is 0. The highest BCUT2D eigenvalue weighted by Gasteiger charge is 2.18. The Bertz CT molecular complexity index is 375. The lowest BCUT2D eigenvalue weighted by atomic mass is 10.1. The first-order valence-electron chi connectivity index (χ1n) is 3.13. The van der Waals surface area contributed by atoms with Gasteiger partial charge < -0.3 is 5.11 Å². The molecular weight excluding hydrogens is 293 g/mol. The molecule has 6 heteroatoms. The van der Waals surface area contributed by atoms with Gasteiger partial charge in [0.2, 0.25) is 0 Å². The second kappa shape index (κ2) is 3.83. The Kier molecular flexibility index (Phi) is 2.98. The van der Waals surface area contributed by atoms with Crippen LogP contribution in [-0.4, -0.2) is 10.1 Å². The third-order valence-corrected chi connectivity index (χ3v) is 2.17. The molecule has 1 heterocycles. The molecule has 1 rings (SSSR count). The van der Waals surface area contributed by atoms with Gasteiger partial charge in [0.25, 0.3) is 6.43 Å². The van der Waals surface area contributed by atoms with Crippen molar-refractivity contribution in [2.75, 3.05) is 0 Å². The number of nitriles is 1. The van der Waals surface area contributed by atoms with E-state index in [-0.39, 0.29) is 3.70 Å². The summed E-state index contributed by atoms with van der Waals surface area (Å²) >= 11 is 1.66. The van der Waals surface area contributed by atoms with E-state index >= 15 is 0 Å². The highest BCUT2D eigenvalue weighted by atomic mass is 127. The van der Waals surface area contributed by atoms with Gasteiger partial charge >= 0.3 is 0 Å². The Morgan fingerprint density at radius 1 is 1.62 bits per heavy atom. The Morgan fingerprint density at radius 3 is 2.69 bits per heavy atom. The number of hydrogen-bond acceptors (Lipinski definition) is 3. The van der Waals surface area contributed by atoms with Crippen LogP contribution in [0.4, 0.5) is 8.78 Å². The van der Waals surface area contributed by atoms with Gasteiger partial charge in [-0.1, -0.05) is 0 Å². The molecule has 0 aliphatic heterocycles. The Hall–Kier alpha value is -0.970. The van der Waals surface area contributed by atoms with Crippen LogP contribution in [0.5, 0.6) is 5.75 Å². The van der Waals surface area contributed by atoms with Gasteiger partial charge in [0, 0.05) is 6.20 Å². The van der Waals surface area contributed by atoms with Crippen LogP contribution < -0.4 is 0 Å². The highest BCUT2D eigenvalue weighted by Crippen LogP contribution is 2.30. The molecule has 0 fully saturated rings. The average molecular weight is 296 g/mol. The number of halogens is 3. The maximum Gasteiger partial charge on any atom is 0.266 e. The van der Waals surface area contributed by atoms with E-state index in [4.69, 9.17) is 5.26 Å². The molecule has 0 unspecified atom stereocenters. The normalized spacial score (nSPS) is 10.1. The van der Waals surface area contributed by atoms with Gasteiger partial charge in [-0.15, -0.1) is 0 Å². The lowest BCUT2D eigenvalue weighted by Crippen LogP contribution is -1.95. The fourth-order valence-electron chi connectivity index (χ4n) is 0.775. The highest BCUT2D eigenvalue weighted by molar-refractivity contribution is 14.1. The van der Waals surface area contributed by atoms with Crippen LogP contribution in [0.25, 0.3) is 0 Å². The van der Waals surface area contributed by atoms with Crippen molar-refractivity contribution in [1.29, 1.82) is 5.26 Å². The van der Waals surface area contributed by atoms with Crippen LogP contribution in [0.2, 0.25) is 0 Å². The molecule has 0 saturated carbocycles. The number of nitrogens with zero attached hydrogens (tertiary/aromatic N) is 2. The maximum atomic E-state index is 12.2. The minimum absolute atomic E-state index is 0.138. The van der Waals surface area contributed by atoms with Gasteiger partial charge in [-0.25, -0.2) is 13.8 Å². The third kappa shape index (κ3) is 1.85. The van der Waals surface area contributed by atoms with E-state index in [9.17, 15) is 13.9 Å². The fraction of sp³-hybridized carbons (Fsp3) is 0.143. The van der Waals surface area contributed by atoms with Gasteiger partial charge in [-0.2, -0.15) is 5.26 Å². The minimum atomic E-state index is -2.80. The van der Waals surface area contributed by atoms with Crippen LogP contribution in [0.15, 0.2) is 6.20 Å². The van der Waals surface area contributed by atoms with Gasteiger partial charge in [0.15, 0.2) is 5.75 Å². The Labute approximate surface area is 86.2 Å². The topological polar surface area (TPSA) is 56.9 Å². The van der Waals surface area contributed by atoms with E-state index in [1.165, 1.54) is 6.07 Å². The molecule has 0 bridgehead atoms. The zero-order chi connectivity index (χ0) is 10.0. The van der Waals surface area contributed by atoms with Crippen LogP contribution in [0.1, 0.15) is 17.6 Å². The zero-order valence-electron chi connectivity index (χ0n) is 6.13. The van der Waals surface area contributed by atoms with E-state index in [0.717, 1.165) is 6.20 Å². The van der Waals surface area contributed by atoms with Crippen molar-refractivity contribution >= 4 is 22.6 Å². The largest absolute Gasteiger partial charge is 0.504 e. The number of pyridine rings is 1. The molecule has 1 aromatic heterocycles. The van der Waals surface area contributed by atoms with E-state index in [1.54, 1.807) is 22.6 Å². The van der Waals surface area contributed by atoms with E-state index < -0.39 is 23.3 Å². The summed E-state index contributed by atoms with van der Waals surface area (Å²) in [5.74, 6) is -0.485. The number of alkyl halides is 2. The first-order chi connectivity index (χ1) is 6.07. The maximum absolute atomic E-state index is 12.2. The Morgan fingerprint density at radius 2 is 2.23 bits per heavy atom. The lowest BCUT2D eigenvalue weighted by molar-refractivity contribution is 0.150. The predicted octanol–water partition coefficient (Wildman–Crippen LogP) is 2.20. The fourth-order valence-corrected chi connectivity index (χ4v) is 1.18. The van der Waals surface area contributed by atoms with Crippen molar-refractivity contribution in [2.24, 2.45) is 0 Å². The first kappa shape index (κ1) is 10.1. The van der Waals surface area contributed by atoms with Crippen molar-refractivity contribution in [2.45, 2.75) is 6.43 Å². The van der Waals surface area contributed by atoms with Crippen LogP contribution in [0.3, 0.4) is 0 Å². The number of aromatic nitrogens is 1. The standard InChI is InChI=1S/C7H3F2IN2O/c8-6(9)4-2-12-7(10)5(13)3(4)1-11/h2,6,13H. The molecule has 13 heavy (non-hydrogen) atoms. The van der Waals surface area contributed by atoms with Crippen molar-refractivity contribution in [1.82, 2.24) is 4.98 Å². The number of rotatable bonds is 1. The molecule has 0 saturated heterocycles. The molecule has 0 aliphatic carbocycles. The smallest absolute Gasteiger partial charge is 0.266 e. The molecule has 0 aliphatic rings. The molecule has 0 spiro atoms. The summed E-state index contributed by atoms with van der Waals surface area (Å²) in [6, 6.07) is 1.51. The monoisotopic (exact) mass is 296 g/mol. The summed E-state index contributed by atoms with van der Waals surface area (Å²) in [6.07, 6.45) is -1.91. The van der Waals surface area contributed by atoms with Gasteiger partial charge in [0.05, 0.1) is 5.56 Å². The van der Waals surface area contributed by atoms with E-state index in [1.807, 2.05) is 0 Å². The summed E-state index contributed by atoms with van der Waals surface area (Å²) < 4.78 is 24.6. The van der Waals surface area contributed by atoms with Crippen LogP contribution >= 0.6 is 22.6 Å². The van der Waals surface area contributed by atoms with Crippen molar-refractivity contribution in [3.63, 3.8) is 0 Å². The lowest BCUT2D eigenvalue weighted by Gasteiger charge is -2.04. The molecule has 0 aromatic carbocycles. The van der Waals surface area contributed by atoms with Crippen LogP contribution in [0, 0.1) is 15.0 Å². The van der Waals surface area contributed by atoms with E-state index in [2.05, 4.69) is 4.98 Å². The van der Waals surface area contributed by atoms with Crippen molar-refractivity contribution < 1.29 is 13.9 Å². The molecular formula is C7H3F2IN2O. The number of aromatic hydroxyl groups is 1. The quantitative estimate of drug-likeness (QED) is 0.638. The summed E-state index contributed by atoms with van der Waals surface area (Å²) in [7, 11) is 0. The minimum Gasteiger partial charge on any atom is -0.504 e. The molecule has 0 amide bonds. The zero-order valence-corrected chi connectivity index (χ0v) is 8.29. The molecule has 1 N–H and O–H groups in total. The molecule has 3 nitrogen and oxygen atoms in total. The second-order valence-electron chi connectivity index (χ2n) is 2.14. The first-order valence-corrected chi connectivity index (χ1v) is 4.21. The second-order valence-corrected chi connectivity index (χ2v) is 3.16. The van der Waals surface area contributed by atoms with Crippen molar-refractivity contribution in [3.05, 3.63) is 21.0 Å². The summed E-state index contributed by atoms with van der Waals surface area (Å²) in [5, 5.41) is 17.7. The average Bonchev–Trinajstić information content (AvgIpc) is 2.09. The molecule has 1 aromatic rings. The van der Waals surface area contributed by atoms with E-state index in [0.29, 0.717) is 0 Å². The van der Waals surface area contributed by atoms with Crippen molar-refractivity contribution in [3.8, 4) is 11.8 Å². The SMILES string of the molecule is N#Cc1c(C(F)F)cnc(I)c1O. The number of hydrogen-bond donors (Lipinski definition) is 1. The third-order valence-electron chi connectivity index (χ3n) is 1.38. The van der Waals surface area contributed by atoms with Gasteiger partial charge in [0.1, 0.15) is 15.3 Å². The predicted molar refractivity (Wildman–Crippen MR) is 48.3 cm³/mol. The summed E-state index contributed by atoms with van der Waals surface area (Å²) in [4.78, 5) is 3.51. The summed E-state index contributed by atoms with van der Waals surface area (Å²) in [5.41, 5.74) is -0.949.